The van der Waals surface area contributed by atoms with Crippen LogP contribution in [0.2, 0.25) is 0 Å². The van der Waals surface area contributed by atoms with Crippen LogP contribution < -0.4 is 4.90 Å². The number of aryl methyl sites for hydroxylation is 2. The first-order valence-electron chi connectivity index (χ1n) is 7.69. The summed E-state index contributed by atoms with van der Waals surface area (Å²) >= 11 is 0. The van der Waals surface area contributed by atoms with Crippen LogP contribution in [0.15, 0.2) is 54.9 Å². The zero-order chi connectivity index (χ0) is 15.8. The molecule has 0 spiro atoms. The van der Waals surface area contributed by atoms with E-state index in [1.54, 1.807) is 0 Å². The molecule has 23 heavy (non-hydrogen) atoms. The molecular weight excluding hydrogens is 282 g/mol. The summed E-state index contributed by atoms with van der Waals surface area (Å²) in [4.78, 5) is 11.4. The van der Waals surface area contributed by atoms with Crippen molar-refractivity contribution < 1.29 is 0 Å². The molecule has 0 fully saturated rings. The summed E-state index contributed by atoms with van der Waals surface area (Å²) in [6.45, 7) is 4.24. The lowest BCUT2D eigenvalue weighted by Gasteiger charge is -2.26. The summed E-state index contributed by atoms with van der Waals surface area (Å²) in [5, 5.41) is 0. The molecule has 3 nitrogen and oxygen atoms in total. The standard InChI is InChI=1S/C20H17N3/c1-14-7-10-18(15(2)13-14)23-19-16(5-3-11-21-19)8-9-17-6-4-12-22-20(17)23/h3-13H,1-2H3. The van der Waals surface area contributed by atoms with Gasteiger partial charge in [-0.3, -0.25) is 4.90 Å². The van der Waals surface area contributed by atoms with Gasteiger partial charge in [0.2, 0.25) is 0 Å². The van der Waals surface area contributed by atoms with Gasteiger partial charge >= 0.3 is 0 Å². The molecule has 0 atom stereocenters. The molecular formula is C20H17N3. The Balaban J connectivity index is 2.03. The predicted molar refractivity (Wildman–Crippen MR) is 95.1 cm³/mol. The second-order valence-corrected chi connectivity index (χ2v) is 5.79. The summed E-state index contributed by atoms with van der Waals surface area (Å²) < 4.78 is 0. The van der Waals surface area contributed by atoms with E-state index in [-0.39, 0.29) is 0 Å². The minimum absolute atomic E-state index is 0.910. The smallest absolute Gasteiger partial charge is 0.146 e. The van der Waals surface area contributed by atoms with Crippen LogP contribution >= 0.6 is 0 Å². The maximum absolute atomic E-state index is 4.63. The second kappa shape index (κ2) is 5.36. The van der Waals surface area contributed by atoms with E-state index in [2.05, 4.69) is 71.2 Å². The molecule has 3 heterocycles. The van der Waals surface area contributed by atoms with Gasteiger partial charge in [-0.2, -0.15) is 0 Å². The first-order valence-corrected chi connectivity index (χ1v) is 7.69. The normalized spacial score (nSPS) is 12.5. The number of anilines is 3. The van der Waals surface area contributed by atoms with Crippen LogP contribution in [-0.4, -0.2) is 9.97 Å². The van der Waals surface area contributed by atoms with E-state index in [1.165, 1.54) is 11.1 Å². The topological polar surface area (TPSA) is 29.0 Å². The largest absolute Gasteiger partial charge is 0.278 e. The maximum atomic E-state index is 4.63. The molecule has 2 aromatic heterocycles. The van der Waals surface area contributed by atoms with Gasteiger partial charge in [-0.15, -0.1) is 0 Å². The van der Waals surface area contributed by atoms with Crippen molar-refractivity contribution in [3.63, 3.8) is 0 Å². The van der Waals surface area contributed by atoms with Crippen LogP contribution in [0.1, 0.15) is 22.3 Å². The lowest BCUT2D eigenvalue weighted by atomic mass is 10.1. The highest BCUT2D eigenvalue weighted by Gasteiger charge is 2.22. The number of rotatable bonds is 1. The molecule has 3 heteroatoms. The number of hydrogen-bond acceptors (Lipinski definition) is 3. The van der Waals surface area contributed by atoms with Gasteiger partial charge in [0.15, 0.2) is 0 Å². The Bertz CT molecular complexity index is 863. The fraction of sp³-hybridized carbons (Fsp3) is 0.100. The van der Waals surface area contributed by atoms with Crippen molar-refractivity contribution >= 4 is 29.5 Å². The summed E-state index contributed by atoms with van der Waals surface area (Å²) in [6, 6.07) is 14.6. The van der Waals surface area contributed by atoms with Gasteiger partial charge in [-0.05, 0) is 49.7 Å². The van der Waals surface area contributed by atoms with E-state index in [0.717, 1.165) is 28.5 Å². The Labute approximate surface area is 136 Å². The van der Waals surface area contributed by atoms with Crippen molar-refractivity contribution in [2.45, 2.75) is 13.8 Å². The van der Waals surface area contributed by atoms with E-state index < -0.39 is 0 Å². The molecule has 0 saturated carbocycles. The van der Waals surface area contributed by atoms with Crippen molar-refractivity contribution in [1.82, 2.24) is 9.97 Å². The third-order valence-electron chi connectivity index (χ3n) is 4.09. The molecule has 0 aliphatic carbocycles. The highest BCUT2D eigenvalue weighted by atomic mass is 15.2. The lowest BCUT2D eigenvalue weighted by Crippen LogP contribution is -2.15. The molecule has 112 valence electrons. The van der Waals surface area contributed by atoms with Gasteiger partial charge in [-0.1, -0.05) is 29.8 Å². The molecule has 0 N–H and O–H groups in total. The Kier molecular flexibility index (Phi) is 3.19. The Morgan fingerprint density at radius 1 is 0.783 bits per heavy atom. The van der Waals surface area contributed by atoms with Crippen LogP contribution in [-0.2, 0) is 0 Å². The Hall–Kier alpha value is -2.94. The van der Waals surface area contributed by atoms with Gasteiger partial charge in [0, 0.05) is 23.5 Å². The minimum Gasteiger partial charge on any atom is -0.278 e. The number of fused-ring (bicyclic) bond motifs is 2. The molecule has 3 aromatic rings. The van der Waals surface area contributed by atoms with E-state index in [9.17, 15) is 0 Å². The zero-order valence-corrected chi connectivity index (χ0v) is 13.2. The number of nitrogens with zero attached hydrogens (tertiary/aromatic N) is 3. The fourth-order valence-electron chi connectivity index (χ4n) is 3.02. The highest BCUT2D eigenvalue weighted by molar-refractivity contribution is 5.90. The number of pyridine rings is 2. The molecule has 0 bridgehead atoms. The van der Waals surface area contributed by atoms with E-state index in [0.29, 0.717) is 0 Å². The monoisotopic (exact) mass is 299 g/mol. The fourth-order valence-corrected chi connectivity index (χ4v) is 3.02. The second-order valence-electron chi connectivity index (χ2n) is 5.79. The SMILES string of the molecule is Cc1ccc(N2c3ncccc3C=Cc3cccnc32)c(C)c1. The first kappa shape index (κ1) is 13.7. The maximum Gasteiger partial charge on any atom is 0.146 e. The zero-order valence-electron chi connectivity index (χ0n) is 13.2. The summed E-state index contributed by atoms with van der Waals surface area (Å²) in [5.74, 6) is 1.82. The van der Waals surface area contributed by atoms with Crippen molar-refractivity contribution in [2.75, 3.05) is 4.90 Å². The minimum atomic E-state index is 0.910. The molecule has 1 aliphatic heterocycles. The van der Waals surface area contributed by atoms with Crippen molar-refractivity contribution in [3.05, 3.63) is 77.1 Å². The summed E-state index contributed by atoms with van der Waals surface area (Å²) in [5.41, 5.74) is 5.75. The lowest BCUT2D eigenvalue weighted by molar-refractivity contribution is 1.11. The summed E-state index contributed by atoms with van der Waals surface area (Å²) in [6.07, 6.45) is 7.87. The van der Waals surface area contributed by atoms with Gasteiger partial charge < -0.3 is 0 Å². The molecule has 1 aliphatic rings. The molecule has 4 rings (SSSR count). The third-order valence-corrected chi connectivity index (χ3v) is 4.09. The quantitative estimate of drug-likeness (QED) is 0.492. The van der Waals surface area contributed by atoms with Gasteiger partial charge in [0.25, 0.3) is 0 Å². The third kappa shape index (κ3) is 2.30. The average molecular weight is 299 g/mol. The van der Waals surface area contributed by atoms with Crippen LogP contribution in [0.5, 0.6) is 0 Å². The van der Waals surface area contributed by atoms with Gasteiger partial charge in [-0.25, -0.2) is 9.97 Å². The molecule has 1 aromatic carbocycles. The summed E-state index contributed by atoms with van der Waals surface area (Å²) in [7, 11) is 0. The number of hydrogen-bond donors (Lipinski definition) is 0. The highest BCUT2D eigenvalue weighted by Crippen LogP contribution is 2.40. The average Bonchev–Trinajstić information content (AvgIpc) is 2.72. The Morgan fingerprint density at radius 2 is 1.39 bits per heavy atom. The van der Waals surface area contributed by atoms with Crippen LogP contribution in [0.25, 0.3) is 12.2 Å². The number of aromatic nitrogens is 2. The van der Waals surface area contributed by atoms with Crippen LogP contribution in [0.3, 0.4) is 0 Å². The molecule has 0 saturated heterocycles. The first-order chi connectivity index (χ1) is 11.2. The van der Waals surface area contributed by atoms with Crippen LogP contribution in [0, 0.1) is 13.8 Å². The van der Waals surface area contributed by atoms with Crippen molar-refractivity contribution in [3.8, 4) is 0 Å². The predicted octanol–water partition coefficient (Wildman–Crippen LogP) is 5.05. The molecule has 0 amide bonds. The molecule has 0 unspecified atom stereocenters. The van der Waals surface area contributed by atoms with Crippen LogP contribution in [0.4, 0.5) is 17.3 Å². The Morgan fingerprint density at radius 3 is 1.96 bits per heavy atom. The number of benzene rings is 1. The van der Waals surface area contributed by atoms with Gasteiger partial charge in [0.05, 0.1) is 5.69 Å². The van der Waals surface area contributed by atoms with E-state index >= 15 is 0 Å². The molecule has 0 radical (unpaired) electrons. The van der Waals surface area contributed by atoms with Crippen molar-refractivity contribution in [2.24, 2.45) is 0 Å². The van der Waals surface area contributed by atoms with E-state index in [1.807, 2.05) is 24.5 Å². The van der Waals surface area contributed by atoms with E-state index in [4.69, 9.17) is 0 Å². The van der Waals surface area contributed by atoms with Gasteiger partial charge in [0.1, 0.15) is 11.6 Å². The van der Waals surface area contributed by atoms with Crippen molar-refractivity contribution in [1.29, 1.82) is 0 Å².